The summed E-state index contributed by atoms with van der Waals surface area (Å²) in [6.45, 7) is 4.27. The Bertz CT molecular complexity index is 802. The van der Waals surface area contributed by atoms with Crippen LogP contribution in [0.15, 0.2) is 54.6 Å². The van der Waals surface area contributed by atoms with Crippen molar-refractivity contribution in [3.63, 3.8) is 0 Å². The van der Waals surface area contributed by atoms with E-state index >= 15 is 0 Å². The van der Waals surface area contributed by atoms with Crippen LogP contribution in [-0.4, -0.2) is 50.1 Å². The smallest absolute Gasteiger partial charge is 0.369 e. The van der Waals surface area contributed by atoms with E-state index in [1.165, 1.54) is 12.1 Å². The Morgan fingerprint density at radius 1 is 1.00 bits per heavy atom. The summed E-state index contributed by atoms with van der Waals surface area (Å²) in [4.78, 5) is 18.4. The first-order valence-corrected chi connectivity index (χ1v) is 9.26. The maximum absolute atomic E-state index is 12.9. The number of rotatable bonds is 4. The topological polar surface area (TPSA) is 26.8 Å². The minimum absolute atomic E-state index is 0.00119. The lowest BCUT2D eigenvalue weighted by Gasteiger charge is -2.39. The van der Waals surface area contributed by atoms with E-state index in [1.807, 2.05) is 42.2 Å². The summed E-state index contributed by atoms with van der Waals surface area (Å²) in [7, 11) is 1.76. The van der Waals surface area contributed by atoms with E-state index in [2.05, 4.69) is 4.90 Å². The van der Waals surface area contributed by atoms with Crippen LogP contribution in [0.25, 0.3) is 0 Å². The molecule has 0 aliphatic carbocycles. The molecule has 0 spiro atoms. The van der Waals surface area contributed by atoms with Gasteiger partial charge in [0.15, 0.2) is 0 Å². The summed E-state index contributed by atoms with van der Waals surface area (Å²) in [6, 6.07) is 14.6. The third-order valence-corrected chi connectivity index (χ3v) is 5.23. The Kier molecular flexibility index (Phi) is 5.93. The Morgan fingerprint density at radius 2 is 1.64 bits per heavy atom. The largest absolute Gasteiger partial charge is 0.416 e. The number of carbonyl (C=O) groups excluding carboxylic acids is 1. The molecule has 0 unspecified atom stereocenters. The van der Waals surface area contributed by atoms with E-state index in [4.69, 9.17) is 0 Å². The van der Waals surface area contributed by atoms with E-state index < -0.39 is 11.7 Å². The van der Waals surface area contributed by atoms with Gasteiger partial charge in [0.2, 0.25) is 5.91 Å². The molecule has 1 fully saturated rings. The molecule has 1 atom stereocenters. The minimum Gasteiger partial charge on any atom is -0.369 e. The SMILES string of the molecule is C[C@H](C(=O)N(C)c1ccccc1)N1CCN(c2cccc(C(F)(F)F)c2)CC1. The monoisotopic (exact) mass is 391 g/mol. The number of benzene rings is 2. The molecule has 2 aromatic rings. The Hall–Kier alpha value is -2.54. The molecule has 1 amide bonds. The van der Waals surface area contributed by atoms with Crippen molar-refractivity contribution in [2.24, 2.45) is 0 Å². The van der Waals surface area contributed by atoms with Crippen LogP contribution >= 0.6 is 0 Å². The van der Waals surface area contributed by atoms with Gasteiger partial charge < -0.3 is 9.80 Å². The number of carbonyl (C=O) groups is 1. The zero-order valence-electron chi connectivity index (χ0n) is 16.0. The molecule has 150 valence electrons. The van der Waals surface area contributed by atoms with Crippen molar-refractivity contribution in [3.05, 3.63) is 60.2 Å². The van der Waals surface area contributed by atoms with Crippen LogP contribution in [0.5, 0.6) is 0 Å². The predicted molar refractivity (Wildman–Crippen MR) is 105 cm³/mol. The summed E-state index contributed by atoms with van der Waals surface area (Å²) in [5.41, 5.74) is 0.761. The van der Waals surface area contributed by atoms with E-state index in [-0.39, 0.29) is 11.9 Å². The molecule has 2 aromatic carbocycles. The number of alkyl halides is 3. The van der Waals surface area contributed by atoms with Crippen LogP contribution in [0.4, 0.5) is 24.5 Å². The average molecular weight is 391 g/mol. The highest BCUT2D eigenvalue weighted by Crippen LogP contribution is 2.32. The highest BCUT2D eigenvalue weighted by molar-refractivity contribution is 5.96. The van der Waals surface area contributed by atoms with Crippen molar-refractivity contribution in [2.45, 2.75) is 19.1 Å². The van der Waals surface area contributed by atoms with Crippen molar-refractivity contribution in [1.82, 2.24) is 4.90 Å². The van der Waals surface area contributed by atoms with E-state index in [9.17, 15) is 18.0 Å². The number of hydrogen-bond acceptors (Lipinski definition) is 3. The van der Waals surface area contributed by atoms with E-state index in [0.717, 1.165) is 11.8 Å². The fourth-order valence-electron chi connectivity index (χ4n) is 3.46. The molecule has 0 bridgehead atoms. The van der Waals surface area contributed by atoms with Crippen LogP contribution in [0.3, 0.4) is 0 Å². The number of para-hydroxylation sites is 1. The number of piperazine rings is 1. The molecule has 1 saturated heterocycles. The highest BCUT2D eigenvalue weighted by atomic mass is 19.4. The molecular weight excluding hydrogens is 367 g/mol. The highest BCUT2D eigenvalue weighted by Gasteiger charge is 2.32. The molecule has 0 aromatic heterocycles. The van der Waals surface area contributed by atoms with Gasteiger partial charge in [-0.3, -0.25) is 9.69 Å². The van der Waals surface area contributed by atoms with Gasteiger partial charge in [-0.2, -0.15) is 13.2 Å². The van der Waals surface area contributed by atoms with Gasteiger partial charge in [0.05, 0.1) is 11.6 Å². The van der Waals surface area contributed by atoms with Gasteiger partial charge in [0.1, 0.15) is 0 Å². The van der Waals surface area contributed by atoms with Crippen molar-refractivity contribution in [1.29, 1.82) is 0 Å². The van der Waals surface area contributed by atoms with Gasteiger partial charge >= 0.3 is 6.18 Å². The lowest BCUT2D eigenvalue weighted by Crippen LogP contribution is -2.54. The van der Waals surface area contributed by atoms with Crippen LogP contribution in [0.2, 0.25) is 0 Å². The first-order valence-electron chi connectivity index (χ1n) is 9.26. The summed E-state index contributed by atoms with van der Waals surface area (Å²) in [5.74, 6) is -0.00119. The Balaban J connectivity index is 1.61. The van der Waals surface area contributed by atoms with Gasteiger partial charge in [-0.15, -0.1) is 0 Å². The van der Waals surface area contributed by atoms with Gasteiger partial charge in [-0.25, -0.2) is 0 Å². The molecule has 4 nitrogen and oxygen atoms in total. The second-order valence-corrected chi connectivity index (χ2v) is 6.98. The quantitative estimate of drug-likeness (QED) is 0.792. The van der Waals surface area contributed by atoms with Crippen LogP contribution in [0.1, 0.15) is 12.5 Å². The third kappa shape index (κ3) is 4.47. The second-order valence-electron chi connectivity index (χ2n) is 6.98. The summed E-state index contributed by atoms with van der Waals surface area (Å²) in [6.07, 6.45) is -4.35. The Labute approximate surface area is 163 Å². The van der Waals surface area contributed by atoms with E-state index in [1.54, 1.807) is 18.0 Å². The normalized spacial score (nSPS) is 16.7. The number of nitrogens with zero attached hydrogens (tertiary/aromatic N) is 3. The zero-order valence-corrected chi connectivity index (χ0v) is 16.0. The van der Waals surface area contributed by atoms with Crippen LogP contribution < -0.4 is 9.80 Å². The van der Waals surface area contributed by atoms with Gasteiger partial charge in [0, 0.05) is 44.6 Å². The minimum atomic E-state index is -4.35. The first-order chi connectivity index (χ1) is 13.3. The number of amides is 1. The molecule has 28 heavy (non-hydrogen) atoms. The maximum Gasteiger partial charge on any atom is 0.416 e. The van der Waals surface area contributed by atoms with E-state index in [0.29, 0.717) is 31.9 Å². The number of anilines is 2. The van der Waals surface area contributed by atoms with Crippen molar-refractivity contribution >= 4 is 17.3 Å². The molecule has 0 radical (unpaired) electrons. The second kappa shape index (κ2) is 8.22. The molecule has 1 aliphatic rings. The van der Waals surface area contributed by atoms with Crippen molar-refractivity contribution in [3.8, 4) is 0 Å². The third-order valence-electron chi connectivity index (χ3n) is 5.23. The molecule has 0 N–H and O–H groups in total. The maximum atomic E-state index is 12.9. The van der Waals surface area contributed by atoms with Gasteiger partial charge in [-0.05, 0) is 37.3 Å². The number of hydrogen-bond donors (Lipinski definition) is 0. The molecule has 1 heterocycles. The summed E-state index contributed by atoms with van der Waals surface area (Å²) >= 11 is 0. The molecule has 0 saturated carbocycles. The summed E-state index contributed by atoms with van der Waals surface area (Å²) < 4.78 is 38.8. The Morgan fingerprint density at radius 3 is 2.25 bits per heavy atom. The molecule has 3 rings (SSSR count). The summed E-state index contributed by atoms with van der Waals surface area (Å²) in [5, 5.41) is 0. The number of likely N-dealkylation sites (N-methyl/N-ethyl adjacent to an activating group) is 1. The molecule has 1 aliphatic heterocycles. The fraction of sp³-hybridized carbons (Fsp3) is 0.381. The van der Waals surface area contributed by atoms with Gasteiger partial charge in [0.25, 0.3) is 0 Å². The van der Waals surface area contributed by atoms with Crippen LogP contribution in [0, 0.1) is 0 Å². The lowest BCUT2D eigenvalue weighted by atomic mass is 10.1. The predicted octanol–water partition coefficient (Wildman–Crippen LogP) is 3.88. The lowest BCUT2D eigenvalue weighted by molar-refractivity contribution is -0.137. The number of halogens is 3. The van der Waals surface area contributed by atoms with Crippen molar-refractivity contribution in [2.75, 3.05) is 43.0 Å². The molecule has 7 heteroatoms. The zero-order chi connectivity index (χ0) is 20.3. The van der Waals surface area contributed by atoms with Crippen LogP contribution in [-0.2, 0) is 11.0 Å². The van der Waals surface area contributed by atoms with Gasteiger partial charge in [-0.1, -0.05) is 24.3 Å². The average Bonchev–Trinajstić information content (AvgIpc) is 2.72. The standard InChI is InChI=1S/C21H24F3N3O/c1-16(20(28)25(2)18-8-4-3-5-9-18)26-11-13-27(14-12-26)19-10-6-7-17(15-19)21(22,23)24/h3-10,15-16H,11-14H2,1-2H3/t16-/m1/s1. The fourth-order valence-corrected chi connectivity index (χ4v) is 3.46. The first kappa shape index (κ1) is 20.2. The van der Waals surface area contributed by atoms with Crippen molar-refractivity contribution < 1.29 is 18.0 Å². The molecular formula is C21H24F3N3O.